The molecule has 15 heavy (non-hydrogen) atoms. The number of aromatic nitrogens is 1. The molecular weight excluding hydrogens is 254 g/mol. The molecule has 0 bridgehead atoms. The number of nitrogens with zero attached hydrogens (tertiary/aromatic N) is 1. The summed E-state index contributed by atoms with van der Waals surface area (Å²) in [5.74, 6) is 0.946. The fourth-order valence-electron chi connectivity index (χ4n) is 2.07. The highest BCUT2D eigenvalue weighted by Gasteiger charge is 2.29. The lowest BCUT2D eigenvalue weighted by atomic mass is 10.3. The molecule has 0 amide bonds. The maximum Gasteiger partial charge on any atom is 0.151 e. The fourth-order valence-corrected chi connectivity index (χ4v) is 2.78. The van der Waals surface area contributed by atoms with Crippen molar-refractivity contribution in [2.45, 2.75) is 25.8 Å². The van der Waals surface area contributed by atoms with Gasteiger partial charge in [-0.1, -0.05) is 0 Å². The zero-order valence-corrected chi connectivity index (χ0v) is 10.1. The highest BCUT2D eigenvalue weighted by Crippen LogP contribution is 2.43. The van der Waals surface area contributed by atoms with Crippen LogP contribution in [0.5, 0.6) is 0 Å². The second kappa shape index (κ2) is 3.27. The smallest absolute Gasteiger partial charge is 0.151 e. The van der Waals surface area contributed by atoms with Crippen LogP contribution in [-0.2, 0) is 0 Å². The Bertz CT molecular complexity index is 480. The van der Waals surface area contributed by atoms with Gasteiger partial charge in [0.05, 0.1) is 12.0 Å². The van der Waals surface area contributed by atoms with Gasteiger partial charge in [0.2, 0.25) is 0 Å². The quantitative estimate of drug-likeness (QED) is 0.798. The van der Waals surface area contributed by atoms with Crippen molar-refractivity contribution < 1.29 is 4.42 Å². The Hall–Kier alpha value is -0.960. The molecule has 0 radical (unpaired) electrons. The van der Waals surface area contributed by atoms with Crippen molar-refractivity contribution in [3.05, 3.63) is 34.6 Å². The largest absolute Gasteiger partial charge is 0.463 e. The van der Waals surface area contributed by atoms with Crippen LogP contribution in [0.1, 0.15) is 24.6 Å². The lowest BCUT2D eigenvalue weighted by Crippen LogP contribution is -1.98. The van der Waals surface area contributed by atoms with E-state index in [0.29, 0.717) is 6.04 Å². The summed E-state index contributed by atoms with van der Waals surface area (Å²) in [5.41, 5.74) is 2.48. The topological polar surface area (TPSA) is 18.1 Å². The summed E-state index contributed by atoms with van der Waals surface area (Å²) >= 11 is 3.60. The van der Waals surface area contributed by atoms with Crippen LogP contribution < -0.4 is 0 Å². The average molecular weight is 266 g/mol. The molecule has 0 spiro atoms. The Labute approximate surface area is 97.0 Å². The first-order valence-electron chi connectivity index (χ1n) is 5.18. The Kier molecular flexibility index (Phi) is 2.02. The van der Waals surface area contributed by atoms with Crippen LogP contribution in [0.15, 0.2) is 33.4 Å². The van der Waals surface area contributed by atoms with Crippen LogP contribution in [0.4, 0.5) is 0 Å². The van der Waals surface area contributed by atoms with Crippen LogP contribution in [-0.4, -0.2) is 4.57 Å². The molecule has 3 heteroatoms. The van der Waals surface area contributed by atoms with E-state index in [0.717, 1.165) is 10.2 Å². The summed E-state index contributed by atoms with van der Waals surface area (Å²) in [4.78, 5) is 0. The number of rotatable bonds is 2. The average Bonchev–Trinajstić information content (AvgIpc) is 2.79. The molecule has 2 heterocycles. The third-order valence-electron chi connectivity index (χ3n) is 2.85. The van der Waals surface area contributed by atoms with Gasteiger partial charge in [0, 0.05) is 16.2 Å². The maximum atomic E-state index is 5.48. The van der Waals surface area contributed by atoms with Crippen LogP contribution >= 0.6 is 15.9 Å². The summed E-state index contributed by atoms with van der Waals surface area (Å²) in [5, 5.41) is 0. The van der Waals surface area contributed by atoms with Gasteiger partial charge in [0.25, 0.3) is 0 Å². The number of furan rings is 1. The molecule has 3 rings (SSSR count). The minimum absolute atomic E-state index is 0.677. The zero-order chi connectivity index (χ0) is 10.4. The fraction of sp³-hybridized carbons (Fsp3) is 0.333. The molecule has 1 aliphatic rings. The van der Waals surface area contributed by atoms with Crippen molar-refractivity contribution in [3.8, 4) is 11.5 Å². The van der Waals surface area contributed by atoms with Crippen LogP contribution in [0.2, 0.25) is 0 Å². The van der Waals surface area contributed by atoms with E-state index >= 15 is 0 Å². The molecule has 2 aromatic heterocycles. The van der Waals surface area contributed by atoms with Crippen molar-refractivity contribution in [2.24, 2.45) is 0 Å². The van der Waals surface area contributed by atoms with Gasteiger partial charge >= 0.3 is 0 Å². The monoisotopic (exact) mass is 265 g/mol. The Balaban J connectivity index is 2.20. The van der Waals surface area contributed by atoms with Gasteiger partial charge in [-0.2, -0.15) is 0 Å². The van der Waals surface area contributed by atoms with E-state index in [1.165, 1.54) is 24.2 Å². The van der Waals surface area contributed by atoms with Gasteiger partial charge in [0.1, 0.15) is 0 Å². The Morgan fingerprint density at radius 2 is 2.27 bits per heavy atom. The molecule has 2 aromatic rings. The van der Waals surface area contributed by atoms with Gasteiger partial charge in [0.15, 0.2) is 5.76 Å². The second-order valence-corrected chi connectivity index (χ2v) is 4.92. The molecule has 0 saturated heterocycles. The lowest BCUT2D eigenvalue weighted by Gasteiger charge is -2.08. The van der Waals surface area contributed by atoms with Crippen LogP contribution in [0.3, 0.4) is 0 Å². The van der Waals surface area contributed by atoms with E-state index in [-0.39, 0.29) is 0 Å². The molecule has 1 fully saturated rings. The van der Waals surface area contributed by atoms with Gasteiger partial charge in [-0.25, -0.2) is 0 Å². The minimum atomic E-state index is 0.677. The summed E-state index contributed by atoms with van der Waals surface area (Å²) in [6.45, 7) is 2.15. The van der Waals surface area contributed by atoms with Crippen molar-refractivity contribution >= 4 is 15.9 Å². The number of hydrogen-bond acceptors (Lipinski definition) is 1. The maximum absolute atomic E-state index is 5.48. The highest BCUT2D eigenvalue weighted by molar-refractivity contribution is 9.10. The Morgan fingerprint density at radius 1 is 1.47 bits per heavy atom. The number of aryl methyl sites for hydroxylation is 1. The van der Waals surface area contributed by atoms with Gasteiger partial charge < -0.3 is 8.98 Å². The van der Waals surface area contributed by atoms with E-state index in [1.54, 1.807) is 6.26 Å². The first kappa shape index (κ1) is 9.28. The lowest BCUT2D eigenvalue weighted by molar-refractivity contribution is 0.571. The third-order valence-corrected chi connectivity index (χ3v) is 3.45. The second-order valence-electron chi connectivity index (χ2n) is 4.06. The minimum Gasteiger partial charge on any atom is -0.463 e. The van der Waals surface area contributed by atoms with Crippen LogP contribution in [0, 0.1) is 6.92 Å². The van der Waals surface area contributed by atoms with E-state index in [4.69, 9.17) is 4.42 Å². The molecule has 1 aliphatic carbocycles. The summed E-state index contributed by atoms with van der Waals surface area (Å²) in [7, 11) is 0. The first-order valence-corrected chi connectivity index (χ1v) is 5.98. The Morgan fingerprint density at radius 3 is 2.87 bits per heavy atom. The van der Waals surface area contributed by atoms with Gasteiger partial charge in [-0.3, -0.25) is 0 Å². The van der Waals surface area contributed by atoms with E-state index in [2.05, 4.69) is 33.5 Å². The summed E-state index contributed by atoms with van der Waals surface area (Å²) in [6, 6.07) is 6.78. The molecular formula is C12H12BrNO. The van der Waals surface area contributed by atoms with E-state index in [9.17, 15) is 0 Å². The van der Waals surface area contributed by atoms with Crippen molar-refractivity contribution in [2.75, 3.05) is 0 Å². The zero-order valence-electron chi connectivity index (χ0n) is 8.53. The molecule has 0 aliphatic heterocycles. The summed E-state index contributed by atoms with van der Waals surface area (Å²) < 4.78 is 8.99. The SMILES string of the molecule is Cc1cc(Br)c(-c2ccco2)n1C1CC1. The summed E-state index contributed by atoms with van der Waals surface area (Å²) in [6.07, 6.45) is 4.30. The molecule has 78 valence electrons. The molecule has 0 N–H and O–H groups in total. The standard InChI is InChI=1S/C12H12BrNO/c1-8-7-10(13)12(11-3-2-6-15-11)14(8)9-4-5-9/h2-3,6-7,9H,4-5H2,1H3. The van der Waals surface area contributed by atoms with Crippen molar-refractivity contribution in [1.82, 2.24) is 4.57 Å². The first-order chi connectivity index (χ1) is 7.27. The normalized spacial score (nSPS) is 15.9. The predicted octanol–water partition coefficient (Wildman–Crippen LogP) is 4.15. The van der Waals surface area contributed by atoms with E-state index in [1.807, 2.05) is 12.1 Å². The van der Waals surface area contributed by atoms with Crippen LogP contribution in [0.25, 0.3) is 11.5 Å². The van der Waals surface area contributed by atoms with E-state index < -0.39 is 0 Å². The molecule has 1 saturated carbocycles. The molecule has 2 nitrogen and oxygen atoms in total. The van der Waals surface area contributed by atoms with Crippen molar-refractivity contribution in [3.63, 3.8) is 0 Å². The van der Waals surface area contributed by atoms with Gasteiger partial charge in [-0.15, -0.1) is 0 Å². The number of hydrogen-bond donors (Lipinski definition) is 0. The predicted molar refractivity (Wildman–Crippen MR) is 62.8 cm³/mol. The number of halogens is 1. The molecule has 0 aromatic carbocycles. The molecule has 0 unspecified atom stereocenters. The van der Waals surface area contributed by atoms with Crippen molar-refractivity contribution in [1.29, 1.82) is 0 Å². The van der Waals surface area contributed by atoms with Gasteiger partial charge in [-0.05, 0) is 53.9 Å². The third kappa shape index (κ3) is 1.46. The highest BCUT2D eigenvalue weighted by atomic mass is 79.9. The molecule has 0 atom stereocenters.